The van der Waals surface area contributed by atoms with Gasteiger partial charge in [-0.15, -0.1) is 0 Å². The van der Waals surface area contributed by atoms with Crippen LogP contribution in [0.2, 0.25) is 0 Å². The van der Waals surface area contributed by atoms with Crippen LogP contribution in [-0.4, -0.2) is 28.5 Å². The van der Waals surface area contributed by atoms with Crippen molar-refractivity contribution in [3.8, 4) is 0 Å². The van der Waals surface area contributed by atoms with E-state index in [1.807, 2.05) is 23.7 Å². The molecule has 3 heterocycles. The summed E-state index contributed by atoms with van der Waals surface area (Å²) in [7, 11) is 1.67. The third kappa shape index (κ3) is 4.19. The monoisotopic (exact) mass is 379 g/mol. The van der Waals surface area contributed by atoms with E-state index in [0.717, 1.165) is 41.9 Å². The summed E-state index contributed by atoms with van der Waals surface area (Å²) in [6.45, 7) is 3.25. The van der Waals surface area contributed by atoms with Gasteiger partial charge in [0.05, 0.1) is 11.8 Å². The molecule has 0 spiro atoms. The zero-order chi connectivity index (χ0) is 16.2. The summed E-state index contributed by atoms with van der Waals surface area (Å²) in [5.41, 5.74) is 3.32. The SMILES string of the molecule is COCn1nc(Br)cc1C1CC(Cc2cccc(C)n2)CCO1. The molecule has 0 radical (unpaired) electrons. The average Bonchev–Trinajstić information content (AvgIpc) is 2.89. The summed E-state index contributed by atoms with van der Waals surface area (Å²) < 4.78 is 13.9. The smallest absolute Gasteiger partial charge is 0.139 e. The van der Waals surface area contributed by atoms with Crippen LogP contribution in [0, 0.1) is 12.8 Å². The maximum absolute atomic E-state index is 6.00. The first-order chi connectivity index (χ1) is 11.2. The summed E-state index contributed by atoms with van der Waals surface area (Å²) >= 11 is 3.44. The van der Waals surface area contributed by atoms with E-state index in [0.29, 0.717) is 12.6 Å². The van der Waals surface area contributed by atoms with Crippen molar-refractivity contribution in [2.75, 3.05) is 13.7 Å². The molecule has 5 nitrogen and oxygen atoms in total. The summed E-state index contributed by atoms with van der Waals surface area (Å²) in [4.78, 5) is 4.63. The van der Waals surface area contributed by atoms with E-state index in [4.69, 9.17) is 9.47 Å². The van der Waals surface area contributed by atoms with Crippen molar-refractivity contribution in [2.24, 2.45) is 5.92 Å². The lowest BCUT2D eigenvalue weighted by molar-refractivity contribution is -0.0190. The fourth-order valence-corrected chi connectivity index (χ4v) is 3.58. The molecule has 0 N–H and O–H groups in total. The molecular formula is C17H22BrN3O2. The Morgan fingerprint density at radius 2 is 2.30 bits per heavy atom. The Labute approximate surface area is 145 Å². The number of rotatable bonds is 5. The van der Waals surface area contributed by atoms with Crippen molar-refractivity contribution in [2.45, 2.75) is 39.0 Å². The number of nitrogens with zero attached hydrogens (tertiary/aromatic N) is 3. The lowest BCUT2D eigenvalue weighted by Crippen LogP contribution is -2.24. The standard InChI is InChI=1S/C17H22BrN3O2/c1-12-4-3-5-14(19-12)8-13-6-7-23-16(9-13)15-10-17(18)20-21(15)11-22-2/h3-5,10,13,16H,6-9,11H2,1-2H3. The summed E-state index contributed by atoms with van der Waals surface area (Å²) in [5.74, 6) is 0.577. The van der Waals surface area contributed by atoms with Gasteiger partial charge in [0.1, 0.15) is 11.3 Å². The van der Waals surface area contributed by atoms with Crippen LogP contribution in [0.3, 0.4) is 0 Å². The first-order valence-corrected chi connectivity index (χ1v) is 8.71. The lowest BCUT2D eigenvalue weighted by atomic mass is 9.90. The minimum Gasteiger partial charge on any atom is -0.372 e. The molecule has 3 rings (SSSR count). The number of aryl methyl sites for hydroxylation is 1. The van der Waals surface area contributed by atoms with Gasteiger partial charge in [0.15, 0.2) is 0 Å². The predicted octanol–water partition coefficient (Wildman–Crippen LogP) is 3.66. The van der Waals surface area contributed by atoms with E-state index in [1.165, 1.54) is 5.69 Å². The van der Waals surface area contributed by atoms with Crippen molar-refractivity contribution >= 4 is 15.9 Å². The molecule has 2 unspecified atom stereocenters. The molecule has 0 aromatic carbocycles. The molecule has 1 aliphatic rings. The number of methoxy groups -OCH3 is 1. The second-order valence-electron chi connectivity index (χ2n) is 6.03. The van der Waals surface area contributed by atoms with E-state index in [2.05, 4.69) is 38.1 Å². The van der Waals surface area contributed by atoms with Gasteiger partial charge in [-0.05, 0) is 66.2 Å². The van der Waals surface area contributed by atoms with Gasteiger partial charge in [0, 0.05) is 25.1 Å². The van der Waals surface area contributed by atoms with E-state index in [-0.39, 0.29) is 6.10 Å². The minimum atomic E-state index is 0.0625. The zero-order valence-corrected chi connectivity index (χ0v) is 15.1. The van der Waals surface area contributed by atoms with E-state index < -0.39 is 0 Å². The number of ether oxygens (including phenoxy) is 2. The Bertz CT molecular complexity index is 659. The highest BCUT2D eigenvalue weighted by Gasteiger charge is 2.27. The molecule has 1 saturated heterocycles. The summed E-state index contributed by atoms with van der Waals surface area (Å²) in [5, 5.41) is 4.41. The number of hydrogen-bond acceptors (Lipinski definition) is 4. The minimum absolute atomic E-state index is 0.0625. The highest BCUT2D eigenvalue weighted by Crippen LogP contribution is 2.34. The van der Waals surface area contributed by atoms with Gasteiger partial charge in [0.25, 0.3) is 0 Å². The van der Waals surface area contributed by atoms with E-state index in [9.17, 15) is 0 Å². The molecule has 6 heteroatoms. The number of aromatic nitrogens is 3. The molecule has 2 atom stereocenters. The Kier molecular flexibility index (Phi) is 5.46. The predicted molar refractivity (Wildman–Crippen MR) is 91.0 cm³/mol. The van der Waals surface area contributed by atoms with Crippen LogP contribution in [-0.2, 0) is 22.6 Å². The first-order valence-electron chi connectivity index (χ1n) is 7.92. The van der Waals surface area contributed by atoms with Crippen LogP contribution in [0.1, 0.15) is 36.0 Å². The Balaban J connectivity index is 1.71. The molecular weight excluding hydrogens is 358 g/mol. The number of hydrogen-bond donors (Lipinski definition) is 0. The van der Waals surface area contributed by atoms with Gasteiger partial charge in [-0.3, -0.25) is 4.98 Å². The molecule has 0 bridgehead atoms. The third-order valence-electron chi connectivity index (χ3n) is 4.20. The van der Waals surface area contributed by atoms with Crippen molar-refractivity contribution in [1.82, 2.24) is 14.8 Å². The highest BCUT2D eigenvalue weighted by molar-refractivity contribution is 9.10. The van der Waals surface area contributed by atoms with Crippen molar-refractivity contribution in [1.29, 1.82) is 0 Å². The van der Waals surface area contributed by atoms with Crippen LogP contribution in [0.15, 0.2) is 28.9 Å². The maximum Gasteiger partial charge on any atom is 0.139 e. The highest BCUT2D eigenvalue weighted by atomic mass is 79.9. The Hall–Kier alpha value is -1.24. The first kappa shape index (κ1) is 16.6. The van der Waals surface area contributed by atoms with Crippen molar-refractivity contribution in [3.63, 3.8) is 0 Å². The zero-order valence-electron chi connectivity index (χ0n) is 13.5. The number of halogens is 1. The van der Waals surface area contributed by atoms with Gasteiger partial charge < -0.3 is 9.47 Å². The van der Waals surface area contributed by atoms with Gasteiger partial charge in [-0.1, -0.05) is 6.07 Å². The van der Waals surface area contributed by atoms with Crippen molar-refractivity contribution < 1.29 is 9.47 Å². The van der Waals surface area contributed by atoms with Crippen LogP contribution in [0.4, 0.5) is 0 Å². The Morgan fingerprint density at radius 3 is 3.09 bits per heavy atom. The van der Waals surface area contributed by atoms with Gasteiger partial charge in [-0.2, -0.15) is 5.10 Å². The van der Waals surface area contributed by atoms with Gasteiger partial charge in [-0.25, -0.2) is 4.68 Å². The normalized spacial score (nSPS) is 21.5. The molecule has 2 aromatic heterocycles. The molecule has 1 fully saturated rings. The quantitative estimate of drug-likeness (QED) is 0.795. The second kappa shape index (κ2) is 7.55. The molecule has 124 valence electrons. The topological polar surface area (TPSA) is 49.2 Å². The number of pyridine rings is 1. The Morgan fingerprint density at radius 1 is 1.43 bits per heavy atom. The van der Waals surface area contributed by atoms with Gasteiger partial charge in [0.2, 0.25) is 0 Å². The van der Waals surface area contributed by atoms with Crippen LogP contribution in [0.25, 0.3) is 0 Å². The third-order valence-corrected chi connectivity index (χ3v) is 4.59. The average molecular weight is 380 g/mol. The summed E-state index contributed by atoms with van der Waals surface area (Å²) in [6, 6.07) is 8.26. The fraction of sp³-hybridized carbons (Fsp3) is 0.529. The molecule has 0 saturated carbocycles. The molecule has 0 aliphatic carbocycles. The maximum atomic E-state index is 6.00. The lowest BCUT2D eigenvalue weighted by Gasteiger charge is -2.29. The largest absolute Gasteiger partial charge is 0.372 e. The molecule has 23 heavy (non-hydrogen) atoms. The van der Waals surface area contributed by atoms with E-state index >= 15 is 0 Å². The van der Waals surface area contributed by atoms with Crippen LogP contribution < -0.4 is 0 Å². The fourth-order valence-electron chi connectivity index (χ4n) is 3.15. The summed E-state index contributed by atoms with van der Waals surface area (Å²) in [6.07, 6.45) is 3.12. The van der Waals surface area contributed by atoms with E-state index in [1.54, 1.807) is 7.11 Å². The molecule has 1 aliphatic heterocycles. The van der Waals surface area contributed by atoms with Crippen LogP contribution in [0.5, 0.6) is 0 Å². The van der Waals surface area contributed by atoms with Gasteiger partial charge >= 0.3 is 0 Å². The van der Waals surface area contributed by atoms with Crippen molar-refractivity contribution in [3.05, 3.63) is 46.0 Å². The van der Waals surface area contributed by atoms with Crippen LogP contribution >= 0.6 is 15.9 Å². The second-order valence-corrected chi connectivity index (χ2v) is 6.85. The molecule has 0 amide bonds. The molecule has 2 aromatic rings.